The second-order valence-electron chi connectivity index (χ2n) is 3.55. The van der Waals surface area contributed by atoms with Crippen LogP contribution in [0.1, 0.15) is 17.3 Å². The van der Waals surface area contributed by atoms with Gasteiger partial charge in [0.25, 0.3) is 0 Å². The molecule has 1 rings (SSSR count). The van der Waals surface area contributed by atoms with Crippen LogP contribution in [0.5, 0.6) is 5.75 Å². The van der Waals surface area contributed by atoms with Crippen molar-refractivity contribution in [2.24, 2.45) is 0 Å². The van der Waals surface area contributed by atoms with Gasteiger partial charge >= 0.3 is 19.8 Å². The molecule has 0 radical (unpaired) electrons. The highest BCUT2D eigenvalue weighted by Crippen LogP contribution is 2.39. The van der Waals surface area contributed by atoms with Crippen molar-refractivity contribution in [2.45, 2.75) is 6.92 Å². The SMILES string of the molecule is CC(=O)OCCOC(=O)c1ccccc1OP(=O)(O)O. The molecular weight excluding hydrogens is 291 g/mol. The fraction of sp³-hybridized carbons (Fsp3) is 0.273. The third-order valence-corrected chi connectivity index (χ3v) is 2.38. The maximum absolute atomic E-state index is 11.7. The van der Waals surface area contributed by atoms with Crippen LogP contribution in [0.2, 0.25) is 0 Å². The van der Waals surface area contributed by atoms with Crippen molar-refractivity contribution >= 4 is 19.8 Å². The zero-order valence-electron chi connectivity index (χ0n) is 10.5. The van der Waals surface area contributed by atoms with E-state index in [1.807, 2.05) is 0 Å². The van der Waals surface area contributed by atoms with E-state index < -0.39 is 19.8 Å². The largest absolute Gasteiger partial charge is 0.524 e. The number of carbonyl (C=O) groups excluding carboxylic acids is 2. The summed E-state index contributed by atoms with van der Waals surface area (Å²) in [4.78, 5) is 39.7. The number of esters is 2. The third kappa shape index (κ3) is 5.83. The first-order valence-electron chi connectivity index (χ1n) is 5.44. The van der Waals surface area contributed by atoms with Crippen molar-refractivity contribution in [3.63, 3.8) is 0 Å². The van der Waals surface area contributed by atoms with E-state index in [-0.39, 0.29) is 24.5 Å². The van der Waals surface area contributed by atoms with Crippen molar-refractivity contribution in [2.75, 3.05) is 13.2 Å². The summed E-state index contributed by atoms with van der Waals surface area (Å²) in [6, 6.07) is 5.44. The van der Waals surface area contributed by atoms with Gasteiger partial charge in [0, 0.05) is 6.92 Å². The van der Waals surface area contributed by atoms with Crippen LogP contribution in [0.25, 0.3) is 0 Å². The van der Waals surface area contributed by atoms with Crippen LogP contribution in [0.4, 0.5) is 0 Å². The number of hydrogen-bond donors (Lipinski definition) is 2. The van der Waals surface area contributed by atoms with Gasteiger partial charge < -0.3 is 14.0 Å². The first kappa shape index (κ1) is 16.2. The van der Waals surface area contributed by atoms with Gasteiger partial charge in [-0.25, -0.2) is 9.36 Å². The van der Waals surface area contributed by atoms with Crippen LogP contribution in [-0.4, -0.2) is 34.9 Å². The van der Waals surface area contributed by atoms with Gasteiger partial charge in [0.1, 0.15) is 24.5 Å². The number of hydrogen-bond acceptors (Lipinski definition) is 6. The lowest BCUT2D eigenvalue weighted by molar-refractivity contribution is -0.142. The zero-order chi connectivity index (χ0) is 15.2. The highest BCUT2D eigenvalue weighted by Gasteiger charge is 2.21. The zero-order valence-corrected chi connectivity index (χ0v) is 11.4. The molecule has 2 N–H and O–H groups in total. The Morgan fingerprint density at radius 1 is 1.15 bits per heavy atom. The average Bonchev–Trinajstić information content (AvgIpc) is 2.33. The van der Waals surface area contributed by atoms with Crippen molar-refractivity contribution in [3.05, 3.63) is 29.8 Å². The molecule has 0 unspecified atom stereocenters. The smallest absolute Gasteiger partial charge is 0.462 e. The Labute approximate surface area is 114 Å². The van der Waals surface area contributed by atoms with E-state index >= 15 is 0 Å². The van der Waals surface area contributed by atoms with E-state index in [1.54, 1.807) is 0 Å². The Morgan fingerprint density at radius 3 is 2.35 bits per heavy atom. The van der Waals surface area contributed by atoms with Gasteiger partial charge in [-0.2, -0.15) is 0 Å². The van der Waals surface area contributed by atoms with E-state index in [4.69, 9.17) is 14.5 Å². The van der Waals surface area contributed by atoms with E-state index in [0.717, 1.165) is 0 Å². The second-order valence-corrected chi connectivity index (χ2v) is 4.72. The summed E-state index contributed by atoms with van der Waals surface area (Å²) in [6.45, 7) is 0.927. The minimum Gasteiger partial charge on any atom is -0.462 e. The van der Waals surface area contributed by atoms with Crippen molar-refractivity contribution in [1.82, 2.24) is 0 Å². The Morgan fingerprint density at radius 2 is 1.75 bits per heavy atom. The Balaban J connectivity index is 2.68. The first-order valence-corrected chi connectivity index (χ1v) is 6.97. The lowest BCUT2D eigenvalue weighted by Crippen LogP contribution is -2.13. The Bertz CT molecular complexity index is 535. The average molecular weight is 304 g/mol. The molecule has 0 spiro atoms. The second kappa shape index (κ2) is 7.04. The van der Waals surface area contributed by atoms with Gasteiger partial charge in [-0.1, -0.05) is 12.1 Å². The maximum atomic E-state index is 11.7. The predicted molar refractivity (Wildman–Crippen MR) is 66.0 cm³/mol. The summed E-state index contributed by atoms with van der Waals surface area (Å²) in [5.41, 5.74) is -0.140. The molecule has 0 aliphatic heterocycles. The standard InChI is InChI=1S/C11H13O8P/c1-8(12)17-6-7-18-11(13)9-4-2-3-5-10(9)19-20(14,15)16/h2-5H,6-7H2,1H3,(H2,14,15,16). The molecular formula is C11H13O8P. The minimum atomic E-state index is -4.78. The number of carbonyl (C=O) groups is 2. The number of phosphoric acid groups is 1. The highest BCUT2D eigenvalue weighted by molar-refractivity contribution is 7.46. The third-order valence-electron chi connectivity index (χ3n) is 1.95. The first-order chi connectivity index (χ1) is 9.29. The van der Waals surface area contributed by atoms with Crippen LogP contribution in [0, 0.1) is 0 Å². The van der Waals surface area contributed by atoms with Crippen LogP contribution >= 0.6 is 7.82 Å². The molecule has 8 nitrogen and oxygen atoms in total. The Hall–Kier alpha value is -1.89. The Kier molecular flexibility index (Phi) is 5.69. The van der Waals surface area contributed by atoms with Gasteiger partial charge in [0.05, 0.1) is 0 Å². The van der Waals surface area contributed by atoms with E-state index in [2.05, 4.69) is 9.26 Å². The van der Waals surface area contributed by atoms with Gasteiger partial charge in [-0.3, -0.25) is 14.6 Å². The van der Waals surface area contributed by atoms with Gasteiger partial charge in [-0.15, -0.1) is 0 Å². The molecule has 1 aromatic carbocycles. The maximum Gasteiger partial charge on any atom is 0.524 e. The van der Waals surface area contributed by atoms with Crippen LogP contribution in [0.3, 0.4) is 0 Å². The van der Waals surface area contributed by atoms with Crippen LogP contribution in [-0.2, 0) is 18.8 Å². The van der Waals surface area contributed by atoms with E-state index in [0.29, 0.717) is 0 Å². The minimum absolute atomic E-state index is 0.109. The highest BCUT2D eigenvalue weighted by atomic mass is 31.2. The normalized spacial score (nSPS) is 10.8. The van der Waals surface area contributed by atoms with Crippen molar-refractivity contribution in [1.29, 1.82) is 0 Å². The molecule has 9 heteroatoms. The molecule has 0 atom stereocenters. The molecule has 0 aliphatic carbocycles. The van der Waals surface area contributed by atoms with Gasteiger partial charge in [0.2, 0.25) is 0 Å². The summed E-state index contributed by atoms with van der Waals surface area (Å²) in [5, 5.41) is 0. The molecule has 0 amide bonds. The molecule has 0 bridgehead atoms. The summed E-state index contributed by atoms with van der Waals surface area (Å²) in [5.74, 6) is -1.65. The number of benzene rings is 1. The van der Waals surface area contributed by atoms with Crippen LogP contribution in [0.15, 0.2) is 24.3 Å². The van der Waals surface area contributed by atoms with Gasteiger partial charge in [-0.05, 0) is 12.1 Å². The van der Waals surface area contributed by atoms with Crippen molar-refractivity contribution in [3.8, 4) is 5.75 Å². The summed E-state index contributed by atoms with van der Waals surface area (Å²) >= 11 is 0. The summed E-state index contributed by atoms with van der Waals surface area (Å²) in [7, 11) is -4.78. The molecule has 0 aromatic heterocycles. The van der Waals surface area contributed by atoms with Crippen molar-refractivity contribution < 1.29 is 37.9 Å². The number of phosphoric ester groups is 1. The molecule has 0 aliphatic rings. The molecule has 1 aromatic rings. The fourth-order valence-electron chi connectivity index (χ4n) is 1.24. The summed E-state index contributed by atoms with van der Waals surface area (Å²) < 4.78 is 24.5. The van der Waals surface area contributed by atoms with Crippen LogP contribution < -0.4 is 4.52 Å². The number of rotatable bonds is 6. The van der Waals surface area contributed by atoms with E-state index in [1.165, 1.54) is 31.2 Å². The molecule has 0 fully saturated rings. The molecule has 110 valence electrons. The lowest BCUT2D eigenvalue weighted by atomic mass is 10.2. The molecule has 0 saturated heterocycles. The lowest BCUT2D eigenvalue weighted by Gasteiger charge is -2.11. The number of ether oxygens (including phenoxy) is 2. The monoisotopic (exact) mass is 304 g/mol. The topological polar surface area (TPSA) is 119 Å². The molecule has 20 heavy (non-hydrogen) atoms. The molecule has 0 saturated carbocycles. The number of para-hydroxylation sites is 1. The quantitative estimate of drug-likeness (QED) is 0.451. The molecule has 0 heterocycles. The van der Waals surface area contributed by atoms with E-state index in [9.17, 15) is 14.2 Å². The predicted octanol–water partition coefficient (Wildman–Crippen LogP) is 0.878. The fourth-order valence-corrected chi connectivity index (χ4v) is 1.66. The van der Waals surface area contributed by atoms with Gasteiger partial charge in [0.15, 0.2) is 0 Å². The summed E-state index contributed by atoms with van der Waals surface area (Å²) in [6.07, 6.45) is 0.